The largest absolute Gasteiger partial charge is 0.492 e. The quantitative estimate of drug-likeness (QED) is 0.792. The van der Waals surface area contributed by atoms with Crippen LogP contribution in [-0.4, -0.2) is 26.7 Å². The van der Waals surface area contributed by atoms with Crippen molar-refractivity contribution in [3.05, 3.63) is 58.9 Å². The first-order valence-electron chi connectivity index (χ1n) is 7.47. The average molecular weight is 386 g/mol. The zero-order valence-corrected chi connectivity index (χ0v) is 15.0. The van der Waals surface area contributed by atoms with Crippen molar-refractivity contribution in [2.45, 2.75) is 12.7 Å². The average Bonchev–Trinajstić information content (AvgIpc) is 2.53. The van der Waals surface area contributed by atoms with E-state index < -0.39 is 33.1 Å². The molecule has 25 heavy (non-hydrogen) atoms. The van der Waals surface area contributed by atoms with Gasteiger partial charge in [-0.25, -0.2) is 12.8 Å². The third-order valence-corrected chi connectivity index (χ3v) is 5.02. The van der Waals surface area contributed by atoms with E-state index in [2.05, 4.69) is 5.32 Å². The molecule has 1 amide bonds. The van der Waals surface area contributed by atoms with E-state index in [1.807, 2.05) is 0 Å². The standard InChI is InChI=1S/C17H17ClFNO4S/c1-2-24-16-9-4-3-8-15(16)20-17(21)11-25(22,23)10-12-13(18)6-5-7-14(12)19/h3-9H,2,10-11H2,1H3,(H,20,21). The summed E-state index contributed by atoms with van der Waals surface area (Å²) >= 11 is 5.84. The molecule has 1 N–H and O–H groups in total. The van der Waals surface area contributed by atoms with Gasteiger partial charge in [-0.05, 0) is 31.2 Å². The molecule has 0 atom stereocenters. The van der Waals surface area contributed by atoms with Crippen LogP contribution in [0.5, 0.6) is 5.75 Å². The summed E-state index contributed by atoms with van der Waals surface area (Å²) < 4.78 is 43.5. The zero-order chi connectivity index (χ0) is 18.4. The second-order valence-electron chi connectivity index (χ2n) is 5.21. The molecule has 0 radical (unpaired) electrons. The van der Waals surface area contributed by atoms with Crippen LogP contribution >= 0.6 is 11.6 Å². The third-order valence-electron chi connectivity index (χ3n) is 3.24. The van der Waals surface area contributed by atoms with Gasteiger partial charge in [0.25, 0.3) is 0 Å². The maximum absolute atomic E-state index is 13.7. The minimum Gasteiger partial charge on any atom is -0.492 e. The molecule has 0 aliphatic rings. The molecule has 2 aromatic carbocycles. The number of amides is 1. The van der Waals surface area contributed by atoms with E-state index in [1.165, 1.54) is 12.1 Å². The number of ether oxygens (including phenoxy) is 1. The highest BCUT2D eigenvalue weighted by Gasteiger charge is 2.21. The number of nitrogens with one attached hydrogen (secondary N) is 1. The molecule has 0 aromatic heterocycles. The molecule has 8 heteroatoms. The first-order valence-corrected chi connectivity index (χ1v) is 9.67. The number of carbonyl (C=O) groups excluding carboxylic acids is 1. The van der Waals surface area contributed by atoms with Crippen molar-refractivity contribution in [1.82, 2.24) is 0 Å². The van der Waals surface area contributed by atoms with Crippen molar-refractivity contribution in [3.63, 3.8) is 0 Å². The Labute approximate surface area is 150 Å². The van der Waals surface area contributed by atoms with Gasteiger partial charge < -0.3 is 10.1 Å². The predicted molar refractivity (Wildman–Crippen MR) is 95.1 cm³/mol. The summed E-state index contributed by atoms with van der Waals surface area (Å²) in [5.41, 5.74) is 0.222. The van der Waals surface area contributed by atoms with Crippen LogP contribution in [0.3, 0.4) is 0 Å². The van der Waals surface area contributed by atoms with E-state index in [0.29, 0.717) is 18.0 Å². The van der Waals surface area contributed by atoms with Crippen LogP contribution in [0.1, 0.15) is 12.5 Å². The van der Waals surface area contributed by atoms with Gasteiger partial charge in [-0.1, -0.05) is 29.8 Å². The predicted octanol–water partition coefficient (Wildman–Crippen LogP) is 3.43. The van der Waals surface area contributed by atoms with E-state index in [0.717, 1.165) is 6.07 Å². The fourth-order valence-corrected chi connectivity index (χ4v) is 3.79. The van der Waals surface area contributed by atoms with E-state index >= 15 is 0 Å². The van der Waals surface area contributed by atoms with Gasteiger partial charge in [0.05, 0.1) is 18.0 Å². The molecule has 134 valence electrons. The Bertz CT molecular complexity index is 850. The minimum atomic E-state index is -3.90. The number of anilines is 1. The van der Waals surface area contributed by atoms with Crippen LogP contribution in [0.4, 0.5) is 10.1 Å². The molecular formula is C17H17ClFNO4S. The van der Waals surface area contributed by atoms with Gasteiger partial charge in [0, 0.05) is 10.6 Å². The lowest BCUT2D eigenvalue weighted by atomic mass is 10.2. The van der Waals surface area contributed by atoms with Gasteiger partial charge in [-0.2, -0.15) is 0 Å². The van der Waals surface area contributed by atoms with Crippen molar-refractivity contribution in [1.29, 1.82) is 0 Å². The Hall–Kier alpha value is -2.12. The Morgan fingerprint density at radius 1 is 1.20 bits per heavy atom. The lowest BCUT2D eigenvalue weighted by Gasteiger charge is -2.12. The monoisotopic (exact) mass is 385 g/mol. The maximum Gasteiger partial charge on any atom is 0.239 e. The Morgan fingerprint density at radius 2 is 1.92 bits per heavy atom. The van der Waals surface area contributed by atoms with Gasteiger partial charge in [-0.3, -0.25) is 4.79 Å². The van der Waals surface area contributed by atoms with Crippen LogP contribution in [-0.2, 0) is 20.4 Å². The molecule has 2 aromatic rings. The molecule has 2 rings (SSSR count). The number of para-hydroxylation sites is 2. The Balaban J connectivity index is 2.09. The van der Waals surface area contributed by atoms with Crippen LogP contribution in [0.2, 0.25) is 5.02 Å². The lowest BCUT2D eigenvalue weighted by Crippen LogP contribution is -2.24. The first-order chi connectivity index (χ1) is 11.8. The molecule has 5 nitrogen and oxygen atoms in total. The highest BCUT2D eigenvalue weighted by Crippen LogP contribution is 2.24. The van der Waals surface area contributed by atoms with E-state index in [1.54, 1.807) is 31.2 Å². The number of benzene rings is 2. The van der Waals surface area contributed by atoms with Gasteiger partial charge in [-0.15, -0.1) is 0 Å². The van der Waals surface area contributed by atoms with Crippen LogP contribution in [0.15, 0.2) is 42.5 Å². The molecule has 0 unspecified atom stereocenters. The minimum absolute atomic E-state index is 0.00525. The van der Waals surface area contributed by atoms with Gasteiger partial charge in [0.1, 0.15) is 17.3 Å². The van der Waals surface area contributed by atoms with Gasteiger partial charge in [0.15, 0.2) is 9.84 Å². The van der Waals surface area contributed by atoms with E-state index in [9.17, 15) is 17.6 Å². The van der Waals surface area contributed by atoms with Crippen molar-refractivity contribution in [2.24, 2.45) is 0 Å². The fraction of sp³-hybridized carbons (Fsp3) is 0.235. The summed E-state index contributed by atoms with van der Waals surface area (Å²) in [6, 6.07) is 10.6. The normalized spacial score (nSPS) is 11.2. The van der Waals surface area contributed by atoms with Crippen molar-refractivity contribution < 1.29 is 22.3 Å². The number of carbonyl (C=O) groups is 1. The molecule has 0 saturated carbocycles. The highest BCUT2D eigenvalue weighted by molar-refractivity contribution is 7.91. The smallest absolute Gasteiger partial charge is 0.239 e. The Kier molecular flexibility index (Phi) is 6.39. The fourth-order valence-electron chi connectivity index (χ4n) is 2.18. The maximum atomic E-state index is 13.7. The molecule has 0 aliphatic heterocycles. The molecule has 0 heterocycles. The summed E-state index contributed by atoms with van der Waals surface area (Å²) in [6.07, 6.45) is 0. The molecule has 0 saturated heterocycles. The van der Waals surface area contributed by atoms with E-state index in [-0.39, 0.29) is 10.6 Å². The highest BCUT2D eigenvalue weighted by atomic mass is 35.5. The molecular weight excluding hydrogens is 369 g/mol. The third kappa shape index (κ3) is 5.44. The van der Waals surface area contributed by atoms with Gasteiger partial charge >= 0.3 is 0 Å². The van der Waals surface area contributed by atoms with Crippen molar-refractivity contribution in [2.75, 3.05) is 17.7 Å². The Morgan fingerprint density at radius 3 is 2.60 bits per heavy atom. The summed E-state index contributed by atoms with van der Waals surface area (Å²) in [5, 5.41) is 2.50. The summed E-state index contributed by atoms with van der Waals surface area (Å²) in [4.78, 5) is 12.1. The van der Waals surface area contributed by atoms with Crippen molar-refractivity contribution in [3.8, 4) is 5.75 Å². The van der Waals surface area contributed by atoms with Crippen LogP contribution in [0, 0.1) is 5.82 Å². The molecule has 0 aliphatic carbocycles. The second kappa shape index (κ2) is 8.31. The zero-order valence-electron chi connectivity index (χ0n) is 13.5. The van der Waals surface area contributed by atoms with Gasteiger partial charge in [0.2, 0.25) is 5.91 Å². The summed E-state index contributed by atoms with van der Waals surface area (Å²) in [5.74, 6) is -2.47. The molecule has 0 spiro atoms. The van der Waals surface area contributed by atoms with Crippen molar-refractivity contribution >= 4 is 33.0 Å². The molecule has 0 bridgehead atoms. The lowest BCUT2D eigenvalue weighted by molar-refractivity contribution is -0.113. The first kappa shape index (κ1) is 19.2. The number of sulfone groups is 1. The van der Waals surface area contributed by atoms with Crippen LogP contribution in [0.25, 0.3) is 0 Å². The number of halogens is 2. The SMILES string of the molecule is CCOc1ccccc1NC(=O)CS(=O)(=O)Cc1c(F)cccc1Cl. The molecule has 0 fully saturated rings. The number of hydrogen-bond donors (Lipinski definition) is 1. The second-order valence-corrected chi connectivity index (χ2v) is 7.68. The number of rotatable bonds is 7. The summed E-state index contributed by atoms with van der Waals surface area (Å²) in [6.45, 7) is 2.19. The summed E-state index contributed by atoms with van der Waals surface area (Å²) in [7, 11) is -3.90. The van der Waals surface area contributed by atoms with E-state index in [4.69, 9.17) is 16.3 Å². The number of hydrogen-bond acceptors (Lipinski definition) is 4. The van der Waals surface area contributed by atoms with Crippen LogP contribution < -0.4 is 10.1 Å². The topological polar surface area (TPSA) is 72.5 Å².